The van der Waals surface area contributed by atoms with E-state index in [1.807, 2.05) is 44.2 Å². The summed E-state index contributed by atoms with van der Waals surface area (Å²) in [7, 11) is -4.42. The lowest BCUT2D eigenvalue weighted by Crippen LogP contribution is -2.38. The molecular formula is C26H31ClN4O5S. The number of pyridine rings is 2. The highest BCUT2D eigenvalue weighted by molar-refractivity contribution is 7.90. The van der Waals surface area contributed by atoms with Gasteiger partial charge in [-0.3, -0.25) is 9.59 Å². The number of aromatic nitrogens is 2. The maximum Gasteiger partial charge on any atom is 0.269 e. The minimum atomic E-state index is -4.42. The van der Waals surface area contributed by atoms with Gasteiger partial charge in [-0.1, -0.05) is 24.6 Å². The molecule has 0 fully saturated rings. The van der Waals surface area contributed by atoms with Crippen molar-refractivity contribution >= 4 is 33.3 Å². The van der Waals surface area contributed by atoms with Gasteiger partial charge in [-0.05, 0) is 70.5 Å². The smallest absolute Gasteiger partial charge is 0.269 e. The molecule has 2 aromatic heterocycles. The van der Waals surface area contributed by atoms with E-state index in [-0.39, 0.29) is 17.7 Å². The van der Waals surface area contributed by atoms with Crippen LogP contribution in [-0.2, 0) is 10.0 Å². The summed E-state index contributed by atoms with van der Waals surface area (Å²) >= 11 is 6.29. The molecule has 0 radical (unpaired) electrons. The van der Waals surface area contributed by atoms with Crippen molar-refractivity contribution < 1.29 is 17.9 Å². The van der Waals surface area contributed by atoms with Crippen LogP contribution < -0.4 is 19.9 Å². The normalized spacial score (nSPS) is 12.3. The molecule has 1 amide bonds. The Balaban J connectivity index is 2.10. The summed E-state index contributed by atoms with van der Waals surface area (Å²) in [6.45, 7) is 10.3. The van der Waals surface area contributed by atoms with E-state index >= 15 is 0 Å². The second-order valence-electron chi connectivity index (χ2n) is 8.72. The number of H-pyrrole nitrogens is 1. The first kappa shape index (κ1) is 28.2. The molecule has 9 nitrogen and oxygen atoms in total. The molecule has 0 saturated heterocycles. The number of hydrogen-bond donors (Lipinski definition) is 2. The number of hydrogen-bond acceptors (Lipinski definition) is 7. The summed E-state index contributed by atoms with van der Waals surface area (Å²) in [5.41, 5.74) is 0.515. The Labute approximate surface area is 221 Å². The fourth-order valence-electron chi connectivity index (χ4n) is 3.75. The molecule has 1 aromatic carbocycles. The number of aromatic amines is 1. The van der Waals surface area contributed by atoms with Crippen molar-refractivity contribution in [1.29, 1.82) is 0 Å². The lowest BCUT2D eigenvalue weighted by Gasteiger charge is -2.30. The summed E-state index contributed by atoms with van der Waals surface area (Å²) in [4.78, 5) is 33.7. The molecule has 1 atom stereocenters. The van der Waals surface area contributed by atoms with Gasteiger partial charge in [-0.25, -0.2) is 18.1 Å². The zero-order valence-corrected chi connectivity index (χ0v) is 23.0. The van der Waals surface area contributed by atoms with Crippen molar-refractivity contribution in [3.8, 4) is 17.0 Å². The quantitative estimate of drug-likeness (QED) is 0.380. The van der Waals surface area contributed by atoms with Crippen LogP contribution in [0.15, 0.2) is 58.4 Å². The number of ether oxygens (including phenoxy) is 1. The summed E-state index contributed by atoms with van der Waals surface area (Å²) in [6, 6.07) is 11.0. The third-order valence-corrected chi connectivity index (χ3v) is 7.41. The minimum Gasteiger partial charge on any atom is -0.489 e. The van der Waals surface area contributed by atoms with Gasteiger partial charge in [0.1, 0.15) is 11.6 Å². The van der Waals surface area contributed by atoms with Gasteiger partial charge in [0.25, 0.3) is 21.5 Å². The monoisotopic (exact) mass is 546 g/mol. The fraction of sp³-hybridized carbons (Fsp3) is 0.346. The minimum absolute atomic E-state index is 0.0120. The van der Waals surface area contributed by atoms with Gasteiger partial charge in [0.05, 0.1) is 22.4 Å². The third kappa shape index (κ3) is 6.50. The number of sulfonamides is 1. The lowest BCUT2D eigenvalue weighted by molar-refractivity contribution is 0.0981. The number of amides is 1. The zero-order valence-electron chi connectivity index (χ0n) is 21.4. The van der Waals surface area contributed by atoms with Gasteiger partial charge in [0, 0.05) is 24.3 Å². The number of benzene rings is 1. The SMILES string of the molecule is CCC(C)N(CC)c1nc(-c2ccc(Cl)c(OC(C)C)c2)ccc1C(=O)NS(=O)(=O)c1ccc[nH]c1=O. The number of halogens is 1. The topological polar surface area (TPSA) is 121 Å². The Morgan fingerprint density at radius 1 is 1.16 bits per heavy atom. The Hall–Kier alpha value is -3.37. The van der Waals surface area contributed by atoms with Crippen molar-refractivity contribution in [1.82, 2.24) is 14.7 Å². The fourth-order valence-corrected chi connectivity index (χ4v) is 4.94. The molecule has 3 rings (SSSR count). The number of rotatable bonds is 10. The average Bonchev–Trinajstić information content (AvgIpc) is 2.85. The Morgan fingerprint density at radius 2 is 1.89 bits per heavy atom. The van der Waals surface area contributed by atoms with Gasteiger partial charge in [-0.2, -0.15) is 0 Å². The van der Waals surface area contributed by atoms with Crippen LogP contribution in [0.5, 0.6) is 5.75 Å². The van der Waals surface area contributed by atoms with Crippen LogP contribution in [0.2, 0.25) is 5.02 Å². The van der Waals surface area contributed by atoms with E-state index in [0.717, 1.165) is 18.1 Å². The predicted octanol–water partition coefficient (Wildman–Crippen LogP) is 4.62. The molecule has 0 bridgehead atoms. The van der Waals surface area contributed by atoms with Crippen LogP contribution in [0.4, 0.5) is 5.82 Å². The molecule has 2 heterocycles. The number of nitrogens with zero attached hydrogens (tertiary/aromatic N) is 2. The van der Waals surface area contributed by atoms with E-state index in [0.29, 0.717) is 28.8 Å². The van der Waals surface area contributed by atoms with E-state index in [1.54, 1.807) is 24.3 Å². The number of nitrogens with one attached hydrogen (secondary N) is 2. The maximum absolute atomic E-state index is 13.3. The second-order valence-corrected chi connectivity index (χ2v) is 10.8. The molecule has 0 aliphatic heterocycles. The molecule has 1 unspecified atom stereocenters. The van der Waals surface area contributed by atoms with Gasteiger partial charge in [0.15, 0.2) is 4.90 Å². The number of carbonyl (C=O) groups excluding carboxylic acids is 1. The predicted molar refractivity (Wildman–Crippen MR) is 145 cm³/mol. The molecule has 0 spiro atoms. The van der Waals surface area contributed by atoms with E-state index < -0.39 is 26.4 Å². The van der Waals surface area contributed by atoms with Crippen LogP contribution >= 0.6 is 11.6 Å². The van der Waals surface area contributed by atoms with Crippen LogP contribution in [0.3, 0.4) is 0 Å². The standard InChI is InChI=1S/C26H31ClN4O5S/c1-6-17(5)31(7-2)24-19(25(32)30-37(34,35)23-9-8-14-28-26(23)33)11-13-21(29-24)18-10-12-20(27)22(15-18)36-16(3)4/h8-17H,6-7H2,1-5H3,(H,28,33)(H,30,32). The van der Waals surface area contributed by atoms with Gasteiger partial charge in [-0.15, -0.1) is 0 Å². The van der Waals surface area contributed by atoms with Gasteiger partial charge < -0.3 is 14.6 Å². The molecule has 37 heavy (non-hydrogen) atoms. The molecule has 11 heteroatoms. The Morgan fingerprint density at radius 3 is 2.51 bits per heavy atom. The lowest BCUT2D eigenvalue weighted by atomic mass is 10.1. The zero-order chi connectivity index (χ0) is 27.3. The summed E-state index contributed by atoms with van der Waals surface area (Å²) in [6.07, 6.45) is 2.00. The highest BCUT2D eigenvalue weighted by atomic mass is 35.5. The van der Waals surface area contributed by atoms with Crippen molar-refractivity contribution in [3.05, 3.63) is 69.6 Å². The van der Waals surface area contributed by atoms with Crippen molar-refractivity contribution in [2.24, 2.45) is 0 Å². The van der Waals surface area contributed by atoms with Gasteiger partial charge in [0.2, 0.25) is 0 Å². The number of anilines is 1. The van der Waals surface area contributed by atoms with Gasteiger partial charge >= 0.3 is 0 Å². The maximum atomic E-state index is 13.3. The molecule has 0 aliphatic rings. The van der Waals surface area contributed by atoms with Crippen LogP contribution in [-0.4, -0.2) is 43.0 Å². The highest BCUT2D eigenvalue weighted by Crippen LogP contribution is 2.33. The summed E-state index contributed by atoms with van der Waals surface area (Å²) in [5, 5.41) is 0.463. The second kappa shape index (κ2) is 11.8. The largest absolute Gasteiger partial charge is 0.489 e. The molecule has 0 saturated carbocycles. The van der Waals surface area contributed by atoms with E-state index in [2.05, 4.69) is 4.98 Å². The molecule has 0 aliphatic carbocycles. The first-order valence-corrected chi connectivity index (χ1v) is 13.8. The van der Waals surface area contributed by atoms with E-state index in [9.17, 15) is 18.0 Å². The van der Waals surface area contributed by atoms with Crippen molar-refractivity contribution in [2.45, 2.75) is 58.1 Å². The van der Waals surface area contributed by atoms with E-state index in [1.165, 1.54) is 18.3 Å². The summed E-state index contributed by atoms with van der Waals surface area (Å²) in [5.74, 6) is -0.0583. The molecular weight excluding hydrogens is 516 g/mol. The first-order valence-electron chi connectivity index (χ1n) is 12.0. The Bertz CT molecular complexity index is 1440. The van der Waals surface area contributed by atoms with Crippen molar-refractivity contribution in [3.63, 3.8) is 0 Å². The summed E-state index contributed by atoms with van der Waals surface area (Å²) < 4.78 is 33.4. The van der Waals surface area contributed by atoms with Crippen molar-refractivity contribution in [2.75, 3.05) is 11.4 Å². The Kier molecular flexibility index (Phi) is 8.98. The third-order valence-electron chi connectivity index (χ3n) is 5.74. The molecule has 3 aromatic rings. The van der Waals surface area contributed by atoms with Crippen LogP contribution in [0, 0.1) is 0 Å². The van der Waals surface area contributed by atoms with Crippen LogP contribution in [0.1, 0.15) is 51.4 Å². The molecule has 2 N–H and O–H groups in total. The first-order chi connectivity index (χ1) is 17.5. The van der Waals surface area contributed by atoms with E-state index in [4.69, 9.17) is 21.3 Å². The average molecular weight is 547 g/mol. The van der Waals surface area contributed by atoms with Crippen LogP contribution in [0.25, 0.3) is 11.3 Å². The highest BCUT2D eigenvalue weighted by Gasteiger charge is 2.27. The molecule has 198 valence electrons. The number of carbonyl (C=O) groups is 1.